The Morgan fingerprint density at radius 2 is 1.74 bits per heavy atom. The van der Waals surface area contributed by atoms with Crippen LogP contribution in [0.4, 0.5) is 5.13 Å². The molecular formula is C33H45N5O7S2. The van der Waals surface area contributed by atoms with E-state index >= 15 is 0 Å². The number of nitrogens with one attached hydrogen (secondary N) is 3. The molecule has 3 fully saturated rings. The van der Waals surface area contributed by atoms with E-state index in [1.165, 1.54) is 11.3 Å². The molecule has 0 bridgehead atoms. The maximum absolute atomic E-state index is 13.7. The van der Waals surface area contributed by atoms with Crippen LogP contribution in [0.5, 0.6) is 11.5 Å². The van der Waals surface area contributed by atoms with E-state index in [1.54, 1.807) is 9.62 Å². The molecule has 3 amide bonds. The predicted molar refractivity (Wildman–Crippen MR) is 184 cm³/mol. The van der Waals surface area contributed by atoms with Gasteiger partial charge in [-0.15, -0.1) is 37.3 Å². The average Bonchev–Trinajstić information content (AvgIpc) is 3.99. The van der Waals surface area contributed by atoms with Gasteiger partial charge >= 0.3 is 0 Å². The summed E-state index contributed by atoms with van der Waals surface area (Å²) in [6.45, 7) is 13.8. The van der Waals surface area contributed by atoms with E-state index in [0.717, 1.165) is 42.0 Å². The number of sulfonamides is 1. The highest BCUT2D eigenvalue weighted by molar-refractivity contribution is 7.90. The van der Waals surface area contributed by atoms with Crippen LogP contribution in [-0.2, 0) is 24.4 Å². The molecule has 47 heavy (non-hydrogen) atoms. The molecule has 2 aliphatic heterocycles. The zero-order valence-corrected chi connectivity index (χ0v) is 28.8. The van der Waals surface area contributed by atoms with E-state index in [0.29, 0.717) is 44.2 Å². The molecule has 12 nitrogen and oxygen atoms in total. The van der Waals surface area contributed by atoms with Crippen LogP contribution in [0.2, 0.25) is 0 Å². The first kappa shape index (κ1) is 37.4. The Morgan fingerprint density at radius 3 is 2.34 bits per heavy atom. The molecule has 3 heterocycles. The number of aromatic nitrogens is 1. The fourth-order valence-corrected chi connectivity index (χ4v) is 6.82. The highest BCUT2D eigenvalue weighted by Gasteiger charge is 2.42. The van der Waals surface area contributed by atoms with Crippen LogP contribution in [0, 0.1) is 18.3 Å². The zero-order valence-electron chi connectivity index (χ0n) is 27.2. The third-order valence-electron chi connectivity index (χ3n) is 7.66. The summed E-state index contributed by atoms with van der Waals surface area (Å²) in [7, 11) is -3.26. The molecule has 1 aromatic heterocycles. The largest absolute Gasteiger partial charge is 0.486 e. The Labute approximate surface area is 281 Å². The molecule has 3 N–H and O–H groups in total. The molecule has 4 aliphatic rings. The van der Waals surface area contributed by atoms with Crippen molar-refractivity contribution in [2.75, 3.05) is 25.1 Å². The van der Waals surface area contributed by atoms with Crippen molar-refractivity contribution in [3.8, 4) is 35.6 Å². The van der Waals surface area contributed by atoms with Crippen LogP contribution in [-0.4, -0.2) is 79.7 Å². The Morgan fingerprint density at radius 1 is 1.09 bits per heavy atom. The SMILES string of the molecule is C#C.C=C.CC(C)(C)[C@H](Nc1nc(-c2ccc3c(c2)OCCO3)cs1)C(=O)N1CCC[C@H]1C(=O)NC1CC1.O=CNS(=O)(=O)C1CC1. The first-order valence-electron chi connectivity index (χ1n) is 15.5. The third-order valence-corrected chi connectivity index (χ3v) is 10.2. The number of hydrogen-bond acceptors (Lipinski definition) is 10. The monoisotopic (exact) mass is 687 g/mol. The van der Waals surface area contributed by atoms with Gasteiger partial charge in [0.2, 0.25) is 28.2 Å². The molecule has 0 radical (unpaired) electrons. The van der Waals surface area contributed by atoms with Gasteiger partial charge in [0.1, 0.15) is 25.3 Å². The first-order valence-corrected chi connectivity index (χ1v) is 17.9. The van der Waals surface area contributed by atoms with Gasteiger partial charge in [0, 0.05) is 23.5 Å². The molecule has 0 unspecified atom stereocenters. The number of rotatable bonds is 9. The molecule has 0 spiro atoms. The van der Waals surface area contributed by atoms with Crippen molar-refractivity contribution in [1.82, 2.24) is 19.9 Å². The molecule has 1 saturated heterocycles. The van der Waals surface area contributed by atoms with Crippen molar-refractivity contribution in [2.45, 2.75) is 82.7 Å². The molecule has 2 saturated carbocycles. The van der Waals surface area contributed by atoms with Gasteiger partial charge in [0.25, 0.3) is 0 Å². The lowest BCUT2D eigenvalue weighted by atomic mass is 9.85. The lowest BCUT2D eigenvalue weighted by Crippen LogP contribution is -2.54. The molecule has 256 valence electrons. The van der Waals surface area contributed by atoms with Crippen LogP contribution in [0.3, 0.4) is 0 Å². The van der Waals surface area contributed by atoms with Gasteiger partial charge in [-0.1, -0.05) is 20.8 Å². The number of hydrogen-bond donors (Lipinski definition) is 3. The summed E-state index contributed by atoms with van der Waals surface area (Å²) in [5.74, 6) is 1.40. The Balaban J connectivity index is 0.000000393. The molecule has 2 atom stereocenters. The van der Waals surface area contributed by atoms with Crippen molar-refractivity contribution in [1.29, 1.82) is 0 Å². The number of nitrogens with zero attached hydrogens (tertiary/aromatic N) is 2. The summed E-state index contributed by atoms with van der Waals surface area (Å²) < 4.78 is 34.4. The minimum atomic E-state index is -3.26. The minimum Gasteiger partial charge on any atom is -0.486 e. The predicted octanol–water partition coefficient (Wildman–Crippen LogP) is 3.95. The van der Waals surface area contributed by atoms with Gasteiger partial charge in [-0.05, 0) is 62.1 Å². The van der Waals surface area contributed by atoms with Gasteiger partial charge < -0.3 is 25.0 Å². The van der Waals surface area contributed by atoms with Crippen LogP contribution in [0.25, 0.3) is 11.3 Å². The van der Waals surface area contributed by atoms with E-state index < -0.39 is 16.1 Å². The van der Waals surface area contributed by atoms with Crippen LogP contribution >= 0.6 is 11.3 Å². The van der Waals surface area contributed by atoms with Gasteiger partial charge in [-0.25, -0.2) is 13.4 Å². The maximum Gasteiger partial charge on any atom is 0.246 e. The maximum atomic E-state index is 13.7. The molecule has 2 aliphatic carbocycles. The first-order chi connectivity index (χ1) is 22.5. The Bertz CT molecular complexity index is 1510. The topological polar surface area (TPSA) is 156 Å². The van der Waals surface area contributed by atoms with Crippen molar-refractivity contribution in [3.05, 3.63) is 36.7 Å². The number of thiazole rings is 1. The number of carbonyl (C=O) groups is 3. The summed E-state index contributed by atoms with van der Waals surface area (Å²) in [6, 6.07) is 5.21. The number of anilines is 1. The van der Waals surface area contributed by atoms with Crippen molar-refractivity contribution in [3.63, 3.8) is 0 Å². The highest BCUT2D eigenvalue weighted by Crippen LogP contribution is 2.36. The lowest BCUT2D eigenvalue weighted by molar-refractivity contribution is -0.140. The van der Waals surface area contributed by atoms with Crippen molar-refractivity contribution in [2.24, 2.45) is 5.41 Å². The van der Waals surface area contributed by atoms with Crippen molar-refractivity contribution >= 4 is 44.7 Å². The summed E-state index contributed by atoms with van der Waals surface area (Å²) in [5, 5.41) is 8.80. The second-order valence-corrected chi connectivity index (χ2v) is 15.1. The quantitative estimate of drug-likeness (QED) is 0.202. The van der Waals surface area contributed by atoms with E-state index in [2.05, 4.69) is 36.6 Å². The lowest BCUT2D eigenvalue weighted by Gasteiger charge is -2.35. The number of terminal acetylenes is 1. The van der Waals surface area contributed by atoms with Gasteiger partial charge in [-0.3, -0.25) is 19.1 Å². The molecule has 6 rings (SSSR count). The summed E-state index contributed by atoms with van der Waals surface area (Å²) >= 11 is 1.47. The number of likely N-dealkylation sites (tertiary alicyclic amines) is 1. The van der Waals surface area contributed by atoms with Gasteiger partial charge in [0.15, 0.2) is 16.6 Å². The number of benzene rings is 1. The highest BCUT2D eigenvalue weighted by atomic mass is 32.2. The van der Waals surface area contributed by atoms with Gasteiger partial charge in [0.05, 0.1) is 10.9 Å². The standard InChI is InChI=1S/C25H32N4O4S.C4H7NO3S.C2H4.C2H2/c1-25(2,3)21(23(31)29-10-4-5-18(29)22(30)26-16-7-8-16)28-24-27-17(14-34-24)15-6-9-19-20(13-15)33-12-11-32-19;6-3-5-9(7,8)4-1-2-4;2*1-2/h6,9,13-14,16,18,21H,4-5,7-8,10-12H2,1-3H3,(H,26,30)(H,27,28);3-4H,1-2H2,(H,5,6);1-2H2;1-2H/t18-,21+;;;/m0.../s1. The smallest absolute Gasteiger partial charge is 0.246 e. The fraction of sp³-hybridized carbons (Fsp3) is 0.515. The number of ether oxygens (including phenoxy) is 2. The van der Waals surface area contributed by atoms with E-state index in [4.69, 9.17) is 14.5 Å². The van der Waals surface area contributed by atoms with Crippen LogP contribution in [0.1, 0.15) is 59.3 Å². The Hall–Kier alpha value is -4.09. The molecule has 14 heteroatoms. The van der Waals surface area contributed by atoms with E-state index in [-0.39, 0.29) is 41.0 Å². The Kier molecular flexibility index (Phi) is 13.2. The van der Waals surface area contributed by atoms with Gasteiger partial charge in [-0.2, -0.15) is 0 Å². The van der Waals surface area contributed by atoms with E-state index in [9.17, 15) is 22.8 Å². The summed E-state index contributed by atoms with van der Waals surface area (Å²) in [4.78, 5) is 42.6. The fourth-order valence-electron chi connectivity index (χ4n) is 4.98. The summed E-state index contributed by atoms with van der Waals surface area (Å²) in [6.07, 6.45) is 13.2. The van der Waals surface area contributed by atoms with Crippen molar-refractivity contribution < 1.29 is 32.3 Å². The molecule has 2 aromatic rings. The zero-order chi connectivity index (χ0) is 34.8. The minimum absolute atomic E-state index is 0.0175. The summed E-state index contributed by atoms with van der Waals surface area (Å²) in [5.41, 5.74) is 1.39. The second-order valence-electron chi connectivity index (χ2n) is 12.3. The number of carbonyl (C=O) groups excluding carboxylic acids is 3. The second kappa shape index (κ2) is 16.6. The molecular weight excluding hydrogens is 643 g/mol. The number of fused-ring (bicyclic) bond motifs is 1. The normalized spacial score (nSPS) is 18.7. The number of amides is 3. The van der Waals surface area contributed by atoms with E-state index in [1.807, 2.05) is 44.4 Å². The van der Waals surface area contributed by atoms with Crippen LogP contribution in [0.15, 0.2) is 36.7 Å². The molecule has 1 aromatic carbocycles. The van der Waals surface area contributed by atoms with Crippen LogP contribution < -0.4 is 24.8 Å². The average molecular weight is 688 g/mol. The third kappa shape index (κ3) is 10.2.